The first-order chi connectivity index (χ1) is 18.2. The van der Waals surface area contributed by atoms with Crippen molar-refractivity contribution in [3.05, 3.63) is 53.6 Å². The number of ether oxygens (including phenoxy) is 1. The van der Waals surface area contributed by atoms with Crippen LogP contribution in [0.5, 0.6) is 0 Å². The molecule has 2 fully saturated rings. The molecule has 3 aliphatic rings. The second-order valence-corrected chi connectivity index (χ2v) is 12.0. The highest BCUT2D eigenvalue weighted by Crippen LogP contribution is 2.34. The largest absolute Gasteiger partial charge is 0.379 e. The van der Waals surface area contributed by atoms with Crippen molar-refractivity contribution < 1.29 is 27.5 Å². The van der Waals surface area contributed by atoms with E-state index in [-0.39, 0.29) is 35.0 Å². The molecule has 2 aromatic carbocycles. The fourth-order valence-corrected chi connectivity index (χ4v) is 6.77. The van der Waals surface area contributed by atoms with Crippen LogP contribution in [0.4, 0.5) is 11.4 Å². The lowest BCUT2D eigenvalue weighted by Gasteiger charge is -2.30. The van der Waals surface area contributed by atoms with Gasteiger partial charge in [-0.1, -0.05) is 26.0 Å². The van der Waals surface area contributed by atoms with Gasteiger partial charge in [0.05, 0.1) is 40.6 Å². The summed E-state index contributed by atoms with van der Waals surface area (Å²) in [7, 11) is -3.80. The van der Waals surface area contributed by atoms with Crippen molar-refractivity contribution in [2.45, 2.75) is 37.6 Å². The third-order valence-electron chi connectivity index (χ3n) is 7.28. The molecule has 5 rings (SSSR count). The van der Waals surface area contributed by atoms with E-state index in [1.807, 2.05) is 0 Å². The molecule has 0 radical (unpaired) electrons. The Kier molecular flexibility index (Phi) is 7.26. The summed E-state index contributed by atoms with van der Waals surface area (Å²) >= 11 is 0. The number of rotatable bonds is 7. The summed E-state index contributed by atoms with van der Waals surface area (Å²) in [5, 5.41) is 2.89. The summed E-state index contributed by atoms with van der Waals surface area (Å²) in [4.78, 5) is 43.3. The van der Waals surface area contributed by atoms with Crippen molar-refractivity contribution in [2.75, 3.05) is 49.6 Å². The third-order valence-corrected chi connectivity index (χ3v) is 9.18. The minimum Gasteiger partial charge on any atom is -0.379 e. The molecule has 2 saturated heterocycles. The highest BCUT2D eigenvalue weighted by molar-refractivity contribution is 7.89. The summed E-state index contributed by atoms with van der Waals surface area (Å²) in [5.74, 6) is -1.95. The molecule has 1 atom stereocenters. The number of sulfonamides is 1. The SMILES string of the molecule is CC(C)C(C(=O)Nc1cc(S(=O)(=O)N2CCOCC2)ccc1N1CCCC1)N1C(=O)c2ccccc2C1=O. The summed E-state index contributed by atoms with van der Waals surface area (Å²) in [5.41, 5.74) is 1.59. The number of imide groups is 1. The van der Waals surface area contributed by atoms with Crippen molar-refractivity contribution in [2.24, 2.45) is 5.92 Å². The Morgan fingerprint density at radius 1 is 0.921 bits per heavy atom. The number of anilines is 2. The minimum atomic E-state index is -3.80. The Morgan fingerprint density at radius 3 is 2.11 bits per heavy atom. The van der Waals surface area contributed by atoms with Crippen LogP contribution < -0.4 is 10.2 Å². The van der Waals surface area contributed by atoms with Gasteiger partial charge >= 0.3 is 0 Å². The molecule has 0 bridgehead atoms. The van der Waals surface area contributed by atoms with Crippen LogP contribution in [0.2, 0.25) is 0 Å². The van der Waals surface area contributed by atoms with E-state index in [1.165, 1.54) is 10.4 Å². The second-order valence-electron chi connectivity index (χ2n) is 10.1. The molecule has 10 nitrogen and oxygen atoms in total. The van der Waals surface area contributed by atoms with Crippen LogP contribution in [0.1, 0.15) is 47.4 Å². The lowest BCUT2D eigenvalue weighted by molar-refractivity contribution is -0.121. The molecule has 2 aromatic rings. The molecule has 0 saturated carbocycles. The molecule has 0 aromatic heterocycles. The Hall–Kier alpha value is -3.28. The first-order valence-corrected chi connectivity index (χ1v) is 14.4. The summed E-state index contributed by atoms with van der Waals surface area (Å²) < 4.78 is 33.4. The molecular weight excluding hydrogens is 508 g/mol. The number of amides is 3. The number of benzene rings is 2. The van der Waals surface area contributed by atoms with Crippen molar-refractivity contribution in [3.8, 4) is 0 Å². The van der Waals surface area contributed by atoms with Gasteiger partial charge < -0.3 is 15.0 Å². The van der Waals surface area contributed by atoms with Gasteiger partial charge in [0.25, 0.3) is 11.8 Å². The average Bonchev–Trinajstić information content (AvgIpc) is 3.53. The summed E-state index contributed by atoms with van der Waals surface area (Å²) in [6.07, 6.45) is 1.98. The molecule has 0 spiro atoms. The molecule has 0 aliphatic carbocycles. The standard InChI is InChI=1S/C27H32N4O6S/c1-18(2)24(31-26(33)20-7-3-4-8-21(20)27(31)34)25(32)28-22-17-19(9-10-23(22)29-11-5-6-12-29)38(35,36)30-13-15-37-16-14-30/h3-4,7-10,17-18,24H,5-6,11-16H2,1-2H3,(H,28,32). The smallest absolute Gasteiger partial charge is 0.262 e. The van der Waals surface area contributed by atoms with Crippen molar-refractivity contribution in [3.63, 3.8) is 0 Å². The predicted octanol–water partition coefficient (Wildman–Crippen LogP) is 2.57. The van der Waals surface area contributed by atoms with Gasteiger partial charge in [-0.15, -0.1) is 0 Å². The summed E-state index contributed by atoms with van der Waals surface area (Å²) in [6.45, 7) is 6.27. The molecule has 1 unspecified atom stereocenters. The summed E-state index contributed by atoms with van der Waals surface area (Å²) in [6, 6.07) is 10.2. The van der Waals surface area contributed by atoms with Crippen LogP contribution in [0.3, 0.4) is 0 Å². The quantitative estimate of drug-likeness (QED) is 0.537. The number of hydrogen-bond donors (Lipinski definition) is 1. The van der Waals surface area contributed by atoms with Crippen molar-refractivity contribution in [1.82, 2.24) is 9.21 Å². The Balaban J connectivity index is 1.49. The van der Waals surface area contributed by atoms with E-state index >= 15 is 0 Å². The molecule has 1 N–H and O–H groups in total. The van der Waals surface area contributed by atoms with E-state index in [0.717, 1.165) is 30.8 Å². The monoisotopic (exact) mass is 540 g/mol. The van der Waals surface area contributed by atoms with Gasteiger partial charge in [0.2, 0.25) is 15.9 Å². The maximum absolute atomic E-state index is 13.8. The fraction of sp³-hybridized carbons (Fsp3) is 0.444. The van der Waals surface area contributed by atoms with Crippen LogP contribution in [-0.2, 0) is 19.6 Å². The number of hydrogen-bond acceptors (Lipinski definition) is 7. The van der Waals surface area contributed by atoms with Gasteiger partial charge in [0.1, 0.15) is 6.04 Å². The number of carbonyl (C=O) groups is 3. The maximum atomic E-state index is 13.8. The van der Waals surface area contributed by atoms with Gasteiger partial charge in [-0.2, -0.15) is 4.31 Å². The Bertz CT molecular complexity index is 1330. The van der Waals surface area contributed by atoms with Gasteiger partial charge in [-0.05, 0) is 49.1 Å². The van der Waals surface area contributed by atoms with Crippen LogP contribution in [0, 0.1) is 5.92 Å². The molecule has 3 aliphatic heterocycles. The highest BCUT2D eigenvalue weighted by atomic mass is 32.2. The van der Waals surface area contributed by atoms with Gasteiger partial charge in [0.15, 0.2) is 0 Å². The molecule has 3 heterocycles. The Morgan fingerprint density at radius 2 is 1.53 bits per heavy atom. The molecular formula is C27H32N4O6S. The lowest BCUT2D eigenvalue weighted by Crippen LogP contribution is -2.50. The zero-order valence-electron chi connectivity index (χ0n) is 21.6. The van der Waals surface area contributed by atoms with Crippen LogP contribution in [0.15, 0.2) is 47.4 Å². The number of nitrogens with one attached hydrogen (secondary N) is 1. The second kappa shape index (κ2) is 10.5. The molecule has 3 amide bonds. The predicted molar refractivity (Wildman–Crippen MR) is 142 cm³/mol. The lowest BCUT2D eigenvalue weighted by atomic mass is 10.0. The van der Waals surface area contributed by atoms with Crippen molar-refractivity contribution in [1.29, 1.82) is 0 Å². The molecule has 11 heteroatoms. The van der Waals surface area contributed by atoms with E-state index in [0.29, 0.717) is 24.6 Å². The number of nitrogens with zero attached hydrogens (tertiary/aromatic N) is 3. The zero-order valence-corrected chi connectivity index (χ0v) is 22.4. The van der Waals surface area contributed by atoms with E-state index in [4.69, 9.17) is 4.74 Å². The molecule has 202 valence electrons. The Labute approximate surface area is 222 Å². The van der Waals surface area contributed by atoms with E-state index < -0.39 is 33.8 Å². The number of fused-ring (bicyclic) bond motifs is 1. The fourth-order valence-electron chi connectivity index (χ4n) is 5.33. The highest BCUT2D eigenvalue weighted by Gasteiger charge is 2.44. The minimum absolute atomic E-state index is 0.0690. The number of carbonyl (C=O) groups excluding carboxylic acids is 3. The number of morpholine rings is 1. The van der Waals surface area contributed by atoms with Crippen LogP contribution in [-0.4, -0.2) is 80.8 Å². The first-order valence-electron chi connectivity index (χ1n) is 12.9. The van der Waals surface area contributed by atoms with Gasteiger partial charge in [-0.3, -0.25) is 19.3 Å². The third kappa shape index (κ3) is 4.70. The normalized spacial score (nSPS) is 19.2. The van der Waals surface area contributed by atoms with E-state index in [1.54, 1.807) is 50.2 Å². The van der Waals surface area contributed by atoms with Gasteiger partial charge in [0, 0.05) is 26.2 Å². The molecule has 38 heavy (non-hydrogen) atoms. The average molecular weight is 541 g/mol. The van der Waals surface area contributed by atoms with Crippen LogP contribution in [0.25, 0.3) is 0 Å². The van der Waals surface area contributed by atoms with Crippen LogP contribution >= 0.6 is 0 Å². The van der Waals surface area contributed by atoms with E-state index in [2.05, 4.69) is 10.2 Å². The van der Waals surface area contributed by atoms with Gasteiger partial charge in [-0.25, -0.2) is 8.42 Å². The van der Waals surface area contributed by atoms with E-state index in [9.17, 15) is 22.8 Å². The maximum Gasteiger partial charge on any atom is 0.262 e. The first kappa shape index (κ1) is 26.3. The van der Waals surface area contributed by atoms with Crippen molar-refractivity contribution >= 4 is 39.1 Å². The topological polar surface area (TPSA) is 116 Å². The zero-order chi connectivity index (χ0) is 27.0.